The normalized spacial score (nSPS) is 17.1. The first-order chi connectivity index (χ1) is 12.8. The number of pyridine rings is 1. The Kier molecular flexibility index (Phi) is 5.69. The third-order valence-electron chi connectivity index (χ3n) is 4.89. The number of piperidine rings is 1. The van der Waals surface area contributed by atoms with E-state index in [1.807, 2.05) is 33.0 Å². The molecular formula is C19H26ClN5O2. The summed E-state index contributed by atoms with van der Waals surface area (Å²) in [4.78, 5) is 21.3. The minimum absolute atomic E-state index is 0.256. The van der Waals surface area contributed by atoms with E-state index in [2.05, 4.69) is 15.1 Å². The molecule has 1 aliphatic heterocycles. The zero-order valence-electron chi connectivity index (χ0n) is 16.0. The van der Waals surface area contributed by atoms with Crippen molar-refractivity contribution in [2.45, 2.75) is 51.7 Å². The number of rotatable bonds is 4. The van der Waals surface area contributed by atoms with Gasteiger partial charge in [0.1, 0.15) is 11.2 Å². The van der Waals surface area contributed by atoms with Gasteiger partial charge in [-0.25, -0.2) is 15.3 Å². The molecule has 1 fully saturated rings. The Hall–Kier alpha value is -2.15. The number of fused-ring (bicyclic) bond motifs is 1. The molecule has 0 radical (unpaired) electrons. The average Bonchev–Trinajstić information content (AvgIpc) is 3.08. The summed E-state index contributed by atoms with van der Waals surface area (Å²) in [6.07, 6.45) is 5.63. The van der Waals surface area contributed by atoms with Crippen LogP contribution >= 0.6 is 11.6 Å². The highest BCUT2D eigenvalue weighted by Gasteiger charge is 2.29. The number of aromatic amines is 1. The van der Waals surface area contributed by atoms with Crippen LogP contribution in [0.2, 0.25) is 5.02 Å². The van der Waals surface area contributed by atoms with Gasteiger partial charge in [0.05, 0.1) is 11.1 Å². The molecule has 3 rings (SSSR count). The first-order valence-corrected chi connectivity index (χ1v) is 9.62. The van der Waals surface area contributed by atoms with E-state index in [4.69, 9.17) is 21.9 Å². The van der Waals surface area contributed by atoms with Crippen LogP contribution in [-0.4, -0.2) is 39.7 Å². The standard InChI is InChI=1S/C19H26ClN5O2/c1-19(2,3)27-18(26)25-8-5-12(6-9-25)10-15(24-21)16-13-4-7-22-17(13)23-11-14(16)20/h4,7,11-12,15,21H,5-6,8-10H2,1-3H3,(H,22,23). The molecule has 1 unspecified atom stereocenters. The fourth-order valence-electron chi connectivity index (χ4n) is 3.57. The van der Waals surface area contributed by atoms with Gasteiger partial charge in [0.25, 0.3) is 0 Å². The number of halogens is 1. The zero-order chi connectivity index (χ0) is 19.6. The predicted octanol–water partition coefficient (Wildman–Crippen LogP) is 5.33. The van der Waals surface area contributed by atoms with Crippen molar-refractivity contribution in [2.75, 3.05) is 13.1 Å². The largest absolute Gasteiger partial charge is 0.444 e. The molecule has 3 heterocycles. The lowest BCUT2D eigenvalue weighted by molar-refractivity contribution is 0.0179. The highest BCUT2D eigenvalue weighted by atomic mass is 35.5. The Balaban J connectivity index is 1.65. The van der Waals surface area contributed by atoms with Crippen molar-refractivity contribution in [3.05, 3.63) is 29.0 Å². The maximum Gasteiger partial charge on any atom is 0.410 e. The van der Waals surface area contributed by atoms with Crippen molar-refractivity contribution < 1.29 is 9.53 Å². The molecule has 0 spiro atoms. The van der Waals surface area contributed by atoms with Crippen LogP contribution in [0, 0.1) is 11.4 Å². The first-order valence-electron chi connectivity index (χ1n) is 9.24. The molecule has 27 heavy (non-hydrogen) atoms. The van der Waals surface area contributed by atoms with Gasteiger partial charge in [-0.3, -0.25) is 0 Å². The number of aromatic nitrogens is 2. The molecule has 0 saturated carbocycles. The highest BCUT2D eigenvalue weighted by Crippen LogP contribution is 2.37. The summed E-state index contributed by atoms with van der Waals surface area (Å²) in [7, 11) is 0. The van der Waals surface area contributed by atoms with Gasteiger partial charge in [-0.2, -0.15) is 5.11 Å². The maximum absolute atomic E-state index is 12.2. The molecule has 7 nitrogen and oxygen atoms in total. The Morgan fingerprint density at radius 3 is 2.81 bits per heavy atom. The fourth-order valence-corrected chi connectivity index (χ4v) is 3.85. The van der Waals surface area contributed by atoms with E-state index in [0.717, 1.165) is 35.9 Å². The number of ether oxygens (including phenoxy) is 1. The van der Waals surface area contributed by atoms with Crippen LogP contribution in [0.5, 0.6) is 0 Å². The summed E-state index contributed by atoms with van der Waals surface area (Å²) in [6, 6.07) is 1.62. The Morgan fingerprint density at radius 1 is 1.48 bits per heavy atom. The average molecular weight is 392 g/mol. The molecule has 146 valence electrons. The summed E-state index contributed by atoms with van der Waals surface area (Å²) < 4.78 is 5.45. The molecule has 2 N–H and O–H groups in total. The van der Waals surface area contributed by atoms with E-state index in [9.17, 15) is 4.79 Å². The minimum atomic E-state index is -0.483. The number of hydrogen-bond acceptors (Lipinski definition) is 5. The number of nitrogens with one attached hydrogen (secondary N) is 2. The third kappa shape index (κ3) is 4.58. The lowest BCUT2D eigenvalue weighted by Gasteiger charge is -2.34. The van der Waals surface area contributed by atoms with E-state index in [-0.39, 0.29) is 12.1 Å². The molecule has 0 bridgehead atoms. The van der Waals surface area contributed by atoms with E-state index < -0.39 is 5.60 Å². The second-order valence-corrected chi connectivity index (χ2v) is 8.46. The number of carbonyl (C=O) groups excluding carboxylic acids is 1. The molecule has 2 aromatic heterocycles. The van der Waals surface area contributed by atoms with Crippen LogP contribution in [0.3, 0.4) is 0 Å². The molecular weight excluding hydrogens is 366 g/mol. The molecule has 0 aromatic carbocycles. The number of amides is 1. The second kappa shape index (κ2) is 7.84. The van der Waals surface area contributed by atoms with Crippen LogP contribution in [-0.2, 0) is 4.74 Å². The Morgan fingerprint density at radius 2 is 2.19 bits per heavy atom. The predicted molar refractivity (Wildman–Crippen MR) is 104 cm³/mol. The Bertz CT molecular complexity index is 821. The van der Waals surface area contributed by atoms with Gasteiger partial charge in [0.2, 0.25) is 0 Å². The van der Waals surface area contributed by atoms with E-state index in [1.54, 1.807) is 11.1 Å². The molecule has 1 aliphatic rings. The van der Waals surface area contributed by atoms with E-state index in [0.29, 0.717) is 24.0 Å². The van der Waals surface area contributed by atoms with Crippen molar-refractivity contribution in [1.29, 1.82) is 5.53 Å². The SMILES string of the molecule is CC(C)(C)OC(=O)N1CCC(CC(N=N)c2c(Cl)cnc3[nH]ccc23)CC1. The molecule has 1 amide bonds. The summed E-state index contributed by atoms with van der Waals surface area (Å²) in [5, 5.41) is 5.31. The van der Waals surface area contributed by atoms with Crippen molar-refractivity contribution in [1.82, 2.24) is 14.9 Å². The molecule has 0 aliphatic carbocycles. The van der Waals surface area contributed by atoms with Gasteiger partial charge in [-0.05, 0) is 52.0 Å². The van der Waals surface area contributed by atoms with Gasteiger partial charge in [0.15, 0.2) is 0 Å². The smallest absolute Gasteiger partial charge is 0.410 e. The lowest BCUT2D eigenvalue weighted by Crippen LogP contribution is -2.41. The number of hydrogen-bond donors (Lipinski definition) is 2. The first kappa shape index (κ1) is 19.6. The summed E-state index contributed by atoms with van der Waals surface area (Å²) in [5.74, 6) is 0.376. The van der Waals surface area contributed by atoms with Crippen LogP contribution in [0.25, 0.3) is 11.0 Å². The molecule has 8 heteroatoms. The lowest BCUT2D eigenvalue weighted by atomic mass is 9.87. The van der Waals surface area contributed by atoms with Gasteiger partial charge in [-0.1, -0.05) is 11.6 Å². The maximum atomic E-state index is 12.2. The summed E-state index contributed by atoms with van der Waals surface area (Å²) in [6.45, 7) is 6.94. The van der Waals surface area contributed by atoms with E-state index >= 15 is 0 Å². The second-order valence-electron chi connectivity index (χ2n) is 8.05. The molecule has 1 saturated heterocycles. The number of carbonyl (C=O) groups is 1. The van der Waals surface area contributed by atoms with Crippen LogP contribution in [0.1, 0.15) is 51.6 Å². The van der Waals surface area contributed by atoms with Gasteiger partial charge < -0.3 is 14.6 Å². The van der Waals surface area contributed by atoms with Gasteiger partial charge >= 0.3 is 6.09 Å². The van der Waals surface area contributed by atoms with Crippen LogP contribution in [0.4, 0.5) is 4.79 Å². The Labute approximate surface area is 163 Å². The van der Waals surface area contributed by atoms with Crippen molar-refractivity contribution in [3.8, 4) is 0 Å². The quantitative estimate of drug-likeness (QED) is 0.690. The highest BCUT2D eigenvalue weighted by molar-refractivity contribution is 6.32. The van der Waals surface area contributed by atoms with Crippen molar-refractivity contribution >= 4 is 28.7 Å². The van der Waals surface area contributed by atoms with Gasteiger partial charge in [-0.15, -0.1) is 0 Å². The van der Waals surface area contributed by atoms with E-state index in [1.165, 1.54) is 0 Å². The zero-order valence-corrected chi connectivity index (χ0v) is 16.7. The van der Waals surface area contributed by atoms with Crippen LogP contribution in [0.15, 0.2) is 23.6 Å². The number of nitrogens with zero attached hydrogens (tertiary/aromatic N) is 3. The molecule has 2 aromatic rings. The fraction of sp³-hybridized carbons (Fsp3) is 0.579. The van der Waals surface area contributed by atoms with Crippen molar-refractivity contribution in [3.63, 3.8) is 0 Å². The minimum Gasteiger partial charge on any atom is -0.444 e. The number of H-pyrrole nitrogens is 1. The van der Waals surface area contributed by atoms with Crippen LogP contribution < -0.4 is 0 Å². The monoisotopic (exact) mass is 391 g/mol. The van der Waals surface area contributed by atoms with Gasteiger partial charge in [0, 0.05) is 36.4 Å². The van der Waals surface area contributed by atoms with Crippen molar-refractivity contribution in [2.24, 2.45) is 11.0 Å². The topological polar surface area (TPSA) is 94.4 Å². The summed E-state index contributed by atoms with van der Waals surface area (Å²) in [5.41, 5.74) is 8.82. The number of likely N-dealkylation sites (tertiary alicyclic amines) is 1. The third-order valence-corrected chi connectivity index (χ3v) is 5.19. The molecule has 1 atom stereocenters. The summed E-state index contributed by atoms with van der Waals surface area (Å²) >= 11 is 6.39.